The Hall–Kier alpha value is -0.610. The van der Waals surface area contributed by atoms with Crippen molar-refractivity contribution in [2.75, 3.05) is 40.3 Å². The summed E-state index contributed by atoms with van der Waals surface area (Å²) in [7, 11) is 3.75. The summed E-state index contributed by atoms with van der Waals surface area (Å²) in [5.41, 5.74) is 1.48. The summed E-state index contributed by atoms with van der Waals surface area (Å²) >= 11 is 0. The Morgan fingerprint density at radius 2 is 2.33 bits per heavy atom. The molecule has 0 radical (unpaired) electrons. The van der Waals surface area contributed by atoms with E-state index in [-0.39, 0.29) is 0 Å². The standard InChI is InChI=1S/C8H15N3O/c1-11-5-8(6-11)4-9-3-7(8)10-12-2/h9H,3-6H2,1-2H3/b10-7-. The second kappa shape index (κ2) is 2.71. The Bertz CT molecular complexity index is 208. The number of likely N-dealkylation sites (tertiary alicyclic amines) is 1. The van der Waals surface area contributed by atoms with Gasteiger partial charge in [0.05, 0.1) is 11.1 Å². The van der Waals surface area contributed by atoms with E-state index in [0.29, 0.717) is 5.41 Å². The van der Waals surface area contributed by atoms with E-state index in [1.807, 2.05) is 0 Å². The van der Waals surface area contributed by atoms with Crippen molar-refractivity contribution in [3.8, 4) is 0 Å². The molecule has 0 aromatic rings. The number of hydrogen-bond donors (Lipinski definition) is 1. The van der Waals surface area contributed by atoms with Crippen molar-refractivity contribution in [3.05, 3.63) is 0 Å². The van der Waals surface area contributed by atoms with Crippen LogP contribution in [0.1, 0.15) is 0 Å². The number of hydrogen-bond acceptors (Lipinski definition) is 4. The second-order valence-electron chi connectivity index (χ2n) is 3.78. The minimum absolute atomic E-state index is 0.296. The molecule has 1 spiro atoms. The van der Waals surface area contributed by atoms with Gasteiger partial charge in [0.15, 0.2) is 0 Å². The van der Waals surface area contributed by atoms with E-state index in [9.17, 15) is 0 Å². The van der Waals surface area contributed by atoms with E-state index in [0.717, 1.165) is 26.2 Å². The molecule has 4 nitrogen and oxygen atoms in total. The van der Waals surface area contributed by atoms with Crippen molar-refractivity contribution in [3.63, 3.8) is 0 Å². The van der Waals surface area contributed by atoms with E-state index in [2.05, 4.69) is 22.4 Å². The number of oxime groups is 1. The second-order valence-corrected chi connectivity index (χ2v) is 3.78. The molecule has 2 aliphatic rings. The number of nitrogens with zero attached hydrogens (tertiary/aromatic N) is 2. The van der Waals surface area contributed by atoms with Gasteiger partial charge in [0, 0.05) is 26.2 Å². The molecule has 2 aliphatic heterocycles. The topological polar surface area (TPSA) is 36.9 Å². The van der Waals surface area contributed by atoms with Crippen LogP contribution in [0.25, 0.3) is 0 Å². The molecule has 68 valence electrons. The van der Waals surface area contributed by atoms with Gasteiger partial charge in [-0.05, 0) is 7.05 Å². The smallest absolute Gasteiger partial charge is 0.106 e. The van der Waals surface area contributed by atoms with Gasteiger partial charge >= 0.3 is 0 Å². The minimum atomic E-state index is 0.296. The minimum Gasteiger partial charge on any atom is -0.399 e. The third kappa shape index (κ3) is 1.03. The number of rotatable bonds is 1. The van der Waals surface area contributed by atoms with Gasteiger partial charge in [-0.2, -0.15) is 0 Å². The molecule has 0 bridgehead atoms. The molecule has 0 atom stereocenters. The lowest BCUT2D eigenvalue weighted by Gasteiger charge is -2.45. The van der Waals surface area contributed by atoms with Crippen molar-refractivity contribution >= 4 is 5.71 Å². The molecule has 2 heterocycles. The fourth-order valence-corrected chi connectivity index (χ4v) is 2.23. The van der Waals surface area contributed by atoms with Crippen molar-refractivity contribution in [1.82, 2.24) is 10.2 Å². The summed E-state index contributed by atoms with van der Waals surface area (Å²) in [6.07, 6.45) is 0. The Balaban J connectivity index is 2.10. The van der Waals surface area contributed by atoms with E-state index < -0.39 is 0 Å². The Labute approximate surface area is 72.6 Å². The fourth-order valence-electron chi connectivity index (χ4n) is 2.23. The highest BCUT2D eigenvalue weighted by molar-refractivity contribution is 5.95. The molecular weight excluding hydrogens is 154 g/mol. The van der Waals surface area contributed by atoms with Gasteiger partial charge in [-0.15, -0.1) is 0 Å². The molecule has 0 saturated carbocycles. The van der Waals surface area contributed by atoms with Crippen molar-refractivity contribution in [2.24, 2.45) is 10.6 Å². The third-order valence-corrected chi connectivity index (χ3v) is 2.71. The van der Waals surface area contributed by atoms with E-state index in [1.54, 1.807) is 7.11 Å². The normalized spacial score (nSPS) is 31.0. The summed E-state index contributed by atoms with van der Waals surface area (Å²) in [6, 6.07) is 0. The van der Waals surface area contributed by atoms with Crippen molar-refractivity contribution in [1.29, 1.82) is 0 Å². The van der Waals surface area contributed by atoms with Crippen LogP contribution in [0.15, 0.2) is 5.16 Å². The lowest BCUT2D eigenvalue weighted by molar-refractivity contribution is 0.0893. The first kappa shape index (κ1) is 8.01. The summed E-state index contributed by atoms with van der Waals surface area (Å²) in [4.78, 5) is 7.13. The summed E-state index contributed by atoms with van der Waals surface area (Å²) < 4.78 is 0. The molecule has 1 N–H and O–H groups in total. The predicted molar refractivity (Wildman–Crippen MR) is 47.2 cm³/mol. The van der Waals surface area contributed by atoms with Gasteiger partial charge in [0.25, 0.3) is 0 Å². The zero-order chi connectivity index (χ0) is 8.60. The molecule has 0 aliphatic carbocycles. The maximum Gasteiger partial charge on any atom is 0.106 e. The molecule has 12 heavy (non-hydrogen) atoms. The largest absolute Gasteiger partial charge is 0.399 e. The zero-order valence-electron chi connectivity index (χ0n) is 7.63. The number of nitrogens with one attached hydrogen (secondary N) is 1. The molecule has 2 saturated heterocycles. The first-order chi connectivity index (χ1) is 5.77. The monoisotopic (exact) mass is 169 g/mol. The van der Waals surface area contributed by atoms with Crippen molar-refractivity contribution in [2.45, 2.75) is 0 Å². The maximum atomic E-state index is 4.82. The molecule has 0 unspecified atom stereocenters. The SMILES string of the molecule is CO/N=C1/CNCC12CN(C)C2. The highest BCUT2D eigenvalue weighted by atomic mass is 16.6. The molecule has 4 heteroatoms. The molecule has 2 rings (SSSR count). The zero-order valence-corrected chi connectivity index (χ0v) is 7.63. The fraction of sp³-hybridized carbons (Fsp3) is 0.875. The summed E-state index contributed by atoms with van der Waals surface area (Å²) in [6.45, 7) is 4.17. The summed E-state index contributed by atoms with van der Waals surface area (Å²) in [5, 5.41) is 7.39. The lowest BCUT2D eigenvalue weighted by Crippen LogP contribution is -2.58. The predicted octanol–water partition coefficient (Wildman–Crippen LogP) is -0.476. The van der Waals surface area contributed by atoms with Gasteiger partial charge in [-0.1, -0.05) is 5.16 Å². The van der Waals surface area contributed by atoms with E-state index >= 15 is 0 Å². The first-order valence-electron chi connectivity index (χ1n) is 4.27. The first-order valence-corrected chi connectivity index (χ1v) is 4.27. The van der Waals surface area contributed by atoms with Crippen LogP contribution < -0.4 is 5.32 Å². The van der Waals surface area contributed by atoms with Crippen LogP contribution in [-0.4, -0.2) is 50.9 Å². The Morgan fingerprint density at radius 3 is 2.92 bits per heavy atom. The molecule has 0 aromatic carbocycles. The Morgan fingerprint density at radius 1 is 1.58 bits per heavy atom. The van der Waals surface area contributed by atoms with Crippen LogP contribution in [0.3, 0.4) is 0 Å². The van der Waals surface area contributed by atoms with E-state index in [1.165, 1.54) is 5.71 Å². The molecular formula is C8H15N3O. The van der Waals surface area contributed by atoms with Crippen LogP contribution in [-0.2, 0) is 4.84 Å². The molecule has 0 amide bonds. The molecule has 0 aromatic heterocycles. The van der Waals surface area contributed by atoms with Crippen LogP contribution in [0.2, 0.25) is 0 Å². The van der Waals surface area contributed by atoms with Gasteiger partial charge < -0.3 is 15.1 Å². The van der Waals surface area contributed by atoms with Gasteiger partial charge in [0.2, 0.25) is 0 Å². The quantitative estimate of drug-likeness (QED) is 0.539. The summed E-state index contributed by atoms with van der Waals surface area (Å²) in [5.74, 6) is 0. The van der Waals surface area contributed by atoms with E-state index in [4.69, 9.17) is 4.84 Å². The average molecular weight is 169 g/mol. The van der Waals surface area contributed by atoms with Crippen LogP contribution in [0.5, 0.6) is 0 Å². The maximum absolute atomic E-state index is 4.82. The lowest BCUT2D eigenvalue weighted by atomic mass is 9.78. The van der Waals surface area contributed by atoms with Gasteiger partial charge in [-0.3, -0.25) is 0 Å². The van der Waals surface area contributed by atoms with Crippen LogP contribution in [0.4, 0.5) is 0 Å². The average Bonchev–Trinajstić information content (AvgIpc) is 2.34. The van der Waals surface area contributed by atoms with Crippen molar-refractivity contribution < 1.29 is 4.84 Å². The van der Waals surface area contributed by atoms with Crippen LogP contribution >= 0.6 is 0 Å². The third-order valence-electron chi connectivity index (χ3n) is 2.71. The van der Waals surface area contributed by atoms with Gasteiger partial charge in [0.1, 0.15) is 7.11 Å². The molecule has 2 fully saturated rings. The highest BCUT2D eigenvalue weighted by Gasteiger charge is 2.48. The Kier molecular flexibility index (Phi) is 1.81. The van der Waals surface area contributed by atoms with Crippen LogP contribution in [0, 0.1) is 5.41 Å². The highest BCUT2D eigenvalue weighted by Crippen LogP contribution is 2.33. The van der Waals surface area contributed by atoms with Gasteiger partial charge in [-0.25, -0.2) is 0 Å².